The summed E-state index contributed by atoms with van der Waals surface area (Å²) in [4.78, 5) is 26.7. The standard InChI is InChI=1S/C17H20ClN3O2S/c1-10-5-6-12(16(22)21(3)4)9-13(10)20-17(23)19-11(2)14-7-8-15(18)24-14/h5-9,11H,1-4H3,(H2,19,20,23)/t11-/m0/s1. The van der Waals surface area contributed by atoms with Gasteiger partial charge in [0.25, 0.3) is 5.91 Å². The van der Waals surface area contributed by atoms with E-state index in [2.05, 4.69) is 10.6 Å². The number of benzene rings is 1. The molecule has 0 aliphatic heterocycles. The van der Waals surface area contributed by atoms with Gasteiger partial charge in [0.2, 0.25) is 0 Å². The molecule has 2 aromatic rings. The number of thiophene rings is 1. The largest absolute Gasteiger partial charge is 0.345 e. The molecule has 0 aliphatic carbocycles. The molecule has 7 heteroatoms. The van der Waals surface area contributed by atoms with Crippen molar-refractivity contribution in [2.45, 2.75) is 19.9 Å². The smallest absolute Gasteiger partial charge is 0.319 e. The highest BCUT2D eigenvalue weighted by Gasteiger charge is 2.14. The Morgan fingerprint density at radius 3 is 2.50 bits per heavy atom. The Morgan fingerprint density at radius 1 is 1.21 bits per heavy atom. The van der Waals surface area contributed by atoms with Gasteiger partial charge in [-0.1, -0.05) is 17.7 Å². The molecule has 0 bridgehead atoms. The lowest BCUT2D eigenvalue weighted by molar-refractivity contribution is 0.0827. The summed E-state index contributed by atoms with van der Waals surface area (Å²) < 4.78 is 0.685. The van der Waals surface area contributed by atoms with Crippen LogP contribution in [0.5, 0.6) is 0 Å². The second-order valence-corrected chi connectivity index (χ2v) is 7.44. The molecule has 0 saturated heterocycles. The number of nitrogens with zero attached hydrogens (tertiary/aromatic N) is 1. The lowest BCUT2D eigenvalue weighted by atomic mass is 10.1. The number of nitrogens with one attached hydrogen (secondary N) is 2. The van der Waals surface area contributed by atoms with E-state index >= 15 is 0 Å². The Morgan fingerprint density at radius 2 is 1.92 bits per heavy atom. The Bertz CT molecular complexity index is 758. The number of anilines is 1. The van der Waals surface area contributed by atoms with Crippen molar-refractivity contribution < 1.29 is 9.59 Å². The maximum Gasteiger partial charge on any atom is 0.319 e. The molecule has 1 aromatic carbocycles. The molecule has 0 saturated carbocycles. The van der Waals surface area contributed by atoms with Crippen LogP contribution in [0.1, 0.15) is 33.8 Å². The van der Waals surface area contributed by atoms with Crippen LogP contribution >= 0.6 is 22.9 Å². The number of hydrogen-bond donors (Lipinski definition) is 2. The Labute approximate surface area is 150 Å². The zero-order valence-electron chi connectivity index (χ0n) is 14.0. The number of aryl methyl sites for hydroxylation is 1. The molecule has 0 spiro atoms. The number of carbonyl (C=O) groups is 2. The molecule has 1 heterocycles. The lowest BCUT2D eigenvalue weighted by Gasteiger charge is -2.16. The molecule has 2 N–H and O–H groups in total. The molecule has 2 rings (SSSR count). The number of rotatable bonds is 4. The maximum absolute atomic E-state index is 12.2. The molecular weight excluding hydrogens is 346 g/mol. The van der Waals surface area contributed by atoms with Crippen molar-refractivity contribution in [3.05, 3.63) is 50.7 Å². The predicted octanol–water partition coefficient (Wildman–Crippen LogP) is 4.29. The van der Waals surface area contributed by atoms with E-state index in [9.17, 15) is 9.59 Å². The van der Waals surface area contributed by atoms with Gasteiger partial charge in [0, 0.05) is 30.2 Å². The zero-order valence-corrected chi connectivity index (χ0v) is 15.6. The summed E-state index contributed by atoms with van der Waals surface area (Å²) in [6, 6.07) is 8.45. The van der Waals surface area contributed by atoms with Crippen LogP contribution in [0.3, 0.4) is 0 Å². The molecule has 0 radical (unpaired) electrons. The molecule has 24 heavy (non-hydrogen) atoms. The van der Waals surface area contributed by atoms with Crippen molar-refractivity contribution in [3.8, 4) is 0 Å². The number of halogens is 1. The molecule has 0 fully saturated rings. The van der Waals surface area contributed by atoms with Crippen molar-refractivity contribution in [2.24, 2.45) is 0 Å². The predicted molar refractivity (Wildman–Crippen MR) is 99.1 cm³/mol. The molecule has 1 aromatic heterocycles. The molecular formula is C17H20ClN3O2S. The minimum absolute atomic E-state index is 0.111. The number of hydrogen-bond acceptors (Lipinski definition) is 3. The quantitative estimate of drug-likeness (QED) is 0.848. The summed E-state index contributed by atoms with van der Waals surface area (Å²) in [5.41, 5.74) is 2.02. The first-order chi connectivity index (χ1) is 11.3. The summed E-state index contributed by atoms with van der Waals surface area (Å²) in [6.45, 7) is 3.77. The highest BCUT2D eigenvalue weighted by Crippen LogP contribution is 2.26. The first-order valence-corrected chi connectivity index (χ1v) is 8.62. The monoisotopic (exact) mass is 365 g/mol. The molecule has 128 valence electrons. The van der Waals surface area contributed by atoms with Gasteiger partial charge >= 0.3 is 6.03 Å². The van der Waals surface area contributed by atoms with Crippen LogP contribution in [0.25, 0.3) is 0 Å². The first kappa shape index (κ1) is 18.3. The number of amides is 3. The van der Waals surface area contributed by atoms with Crippen molar-refractivity contribution in [2.75, 3.05) is 19.4 Å². The van der Waals surface area contributed by atoms with Crippen molar-refractivity contribution in [1.29, 1.82) is 0 Å². The first-order valence-electron chi connectivity index (χ1n) is 7.43. The van der Waals surface area contributed by atoms with Gasteiger partial charge in [-0.15, -0.1) is 11.3 Å². The van der Waals surface area contributed by atoms with Crippen LogP contribution in [0, 0.1) is 6.92 Å². The van der Waals surface area contributed by atoms with Gasteiger partial charge in [0.15, 0.2) is 0 Å². The van der Waals surface area contributed by atoms with E-state index in [1.165, 1.54) is 16.2 Å². The van der Waals surface area contributed by atoms with Crippen LogP contribution < -0.4 is 10.6 Å². The summed E-state index contributed by atoms with van der Waals surface area (Å²) >= 11 is 7.35. The average Bonchev–Trinajstić information content (AvgIpc) is 2.95. The van der Waals surface area contributed by atoms with E-state index in [-0.39, 0.29) is 18.0 Å². The van der Waals surface area contributed by atoms with Crippen LogP contribution in [0.4, 0.5) is 10.5 Å². The lowest BCUT2D eigenvalue weighted by Crippen LogP contribution is -2.31. The molecule has 1 atom stereocenters. The number of carbonyl (C=O) groups excluding carboxylic acids is 2. The second-order valence-electron chi connectivity index (χ2n) is 5.69. The normalized spacial score (nSPS) is 11.7. The maximum atomic E-state index is 12.2. The molecule has 5 nitrogen and oxygen atoms in total. The fourth-order valence-corrected chi connectivity index (χ4v) is 3.20. The summed E-state index contributed by atoms with van der Waals surface area (Å²) in [6.07, 6.45) is 0. The second kappa shape index (κ2) is 7.68. The van der Waals surface area contributed by atoms with Crippen LogP contribution in [0.2, 0.25) is 4.34 Å². The number of urea groups is 1. The summed E-state index contributed by atoms with van der Waals surface area (Å²) in [7, 11) is 3.38. The third kappa shape index (κ3) is 4.49. The topological polar surface area (TPSA) is 61.4 Å². The SMILES string of the molecule is Cc1ccc(C(=O)N(C)C)cc1NC(=O)N[C@@H](C)c1ccc(Cl)s1. The van der Waals surface area contributed by atoms with E-state index in [1.807, 2.05) is 26.0 Å². The molecule has 0 unspecified atom stereocenters. The fraction of sp³-hybridized carbons (Fsp3) is 0.294. The summed E-state index contributed by atoms with van der Waals surface area (Å²) in [5, 5.41) is 5.67. The van der Waals surface area contributed by atoms with E-state index in [4.69, 9.17) is 11.6 Å². The minimum Gasteiger partial charge on any atom is -0.345 e. The average molecular weight is 366 g/mol. The van der Waals surface area contributed by atoms with Gasteiger partial charge in [0.1, 0.15) is 0 Å². The minimum atomic E-state index is -0.329. The van der Waals surface area contributed by atoms with E-state index in [1.54, 1.807) is 32.3 Å². The van der Waals surface area contributed by atoms with Crippen LogP contribution in [-0.2, 0) is 0 Å². The Hall–Kier alpha value is -2.05. The zero-order chi connectivity index (χ0) is 17.9. The van der Waals surface area contributed by atoms with Crippen LogP contribution in [-0.4, -0.2) is 30.9 Å². The fourth-order valence-electron chi connectivity index (χ4n) is 2.14. The Balaban J connectivity index is 2.08. The van der Waals surface area contributed by atoms with Crippen molar-refractivity contribution in [1.82, 2.24) is 10.2 Å². The molecule has 3 amide bonds. The third-order valence-corrected chi connectivity index (χ3v) is 4.92. The van der Waals surface area contributed by atoms with Crippen molar-refractivity contribution in [3.63, 3.8) is 0 Å². The summed E-state index contributed by atoms with van der Waals surface area (Å²) in [5.74, 6) is -0.111. The van der Waals surface area contributed by atoms with E-state index in [0.29, 0.717) is 15.6 Å². The molecule has 0 aliphatic rings. The Kier molecular flexibility index (Phi) is 5.85. The van der Waals surface area contributed by atoms with Gasteiger partial charge in [-0.2, -0.15) is 0 Å². The van der Waals surface area contributed by atoms with Gasteiger partial charge in [-0.3, -0.25) is 4.79 Å². The van der Waals surface area contributed by atoms with Crippen LogP contribution in [0.15, 0.2) is 30.3 Å². The van der Waals surface area contributed by atoms with Crippen molar-refractivity contribution >= 4 is 40.6 Å². The van der Waals surface area contributed by atoms with E-state index in [0.717, 1.165) is 10.4 Å². The van der Waals surface area contributed by atoms with Gasteiger partial charge < -0.3 is 15.5 Å². The van der Waals surface area contributed by atoms with Gasteiger partial charge in [-0.05, 0) is 43.7 Å². The highest BCUT2D eigenvalue weighted by molar-refractivity contribution is 7.16. The third-order valence-electron chi connectivity index (χ3n) is 3.51. The van der Waals surface area contributed by atoms with Gasteiger partial charge in [0.05, 0.1) is 10.4 Å². The van der Waals surface area contributed by atoms with Gasteiger partial charge in [-0.25, -0.2) is 4.79 Å². The van der Waals surface area contributed by atoms with E-state index < -0.39 is 0 Å². The highest BCUT2D eigenvalue weighted by atomic mass is 35.5.